The summed E-state index contributed by atoms with van der Waals surface area (Å²) in [6.45, 7) is 6.50. The number of nitrogens with one attached hydrogen (secondary N) is 1. The van der Waals surface area contributed by atoms with Crippen LogP contribution in [0, 0.1) is 0 Å². The lowest BCUT2D eigenvalue weighted by atomic mass is 10.1. The van der Waals surface area contributed by atoms with Crippen LogP contribution in [0.4, 0.5) is 0 Å². The van der Waals surface area contributed by atoms with Crippen molar-refractivity contribution in [2.24, 2.45) is 0 Å². The number of carbonyl (C=O) groups excluding carboxylic acids is 1. The minimum absolute atomic E-state index is 0.0634. The number of amides is 1. The first kappa shape index (κ1) is 13.8. The fraction of sp³-hybridized carbons (Fsp3) is 0.438. The Hall–Kier alpha value is -1.61. The monoisotopic (exact) mass is 258 g/mol. The number of hydrogen-bond donors (Lipinski definition) is 1. The van der Waals surface area contributed by atoms with Crippen LogP contribution in [0.5, 0.6) is 0 Å². The third-order valence-electron chi connectivity index (χ3n) is 3.54. The minimum Gasteiger partial charge on any atom is -0.349 e. The molecular formula is C16H22N2O. The first-order valence-corrected chi connectivity index (χ1v) is 6.97. The summed E-state index contributed by atoms with van der Waals surface area (Å²) in [6, 6.07) is 10.7. The van der Waals surface area contributed by atoms with Gasteiger partial charge < -0.3 is 5.32 Å². The van der Waals surface area contributed by atoms with Gasteiger partial charge in [-0.25, -0.2) is 0 Å². The molecule has 0 bridgehead atoms. The Kier molecular flexibility index (Phi) is 5.16. The van der Waals surface area contributed by atoms with Crippen LogP contribution in [0.1, 0.15) is 24.8 Å². The lowest BCUT2D eigenvalue weighted by Gasteiger charge is -2.24. The topological polar surface area (TPSA) is 32.3 Å². The van der Waals surface area contributed by atoms with Crippen LogP contribution in [-0.2, 0) is 11.3 Å². The van der Waals surface area contributed by atoms with E-state index in [1.165, 1.54) is 24.5 Å². The van der Waals surface area contributed by atoms with Gasteiger partial charge in [0.05, 0.1) is 0 Å². The van der Waals surface area contributed by atoms with Crippen molar-refractivity contribution in [3.63, 3.8) is 0 Å². The highest BCUT2D eigenvalue weighted by Crippen LogP contribution is 2.14. The molecule has 1 aromatic carbocycles. The summed E-state index contributed by atoms with van der Waals surface area (Å²) in [7, 11) is 0. The van der Waals surface area contributed by atoms with E-state index < -0.39 is 0 Å². The molecule has 1 unspecified atom stereocenters. The van der Waals surface area contributed by atoms with Gasteiger partial charge in [0.15, 0.2) is 0 Å². The second-order valence-corrected chi connectivity index (χ2v) is 5.13. The van der Waals surface area contributed by atoms with E-state index in [0.717, 1.165) is 26.1 Å². The summed E-state index contributed by atoms with van der Waals surface area (Å²) in [5.74, 6) is -0.0634. The molecule has 1 aliphatic heterocycles. The molecular weight excluding hydrogens is 236 g/mol. The first-order chi connectivity index (χ1) is 9.28. The van der Waals surface area contributed by atoms with Crippen molar-refractivity contribution in [3.8, 4) is 0 Å². The van der Waals surface area contributed by atoms with Crippen molar-refractivity contribution in [1.29, 1.82) is 0 Å². The van der Waals surface area contributed by atoms with Crippen molar-refractivity contribution < 1.29 is 4.79 Å². The fourth-order valence-corrected chi connectivity index (χ4v) is 2.58. The third kappa shape index (κ3) is 4.52. The highest BCUT2D eigenvalue weighted by Gasteiger charge is 2.18. The van der Waals surface area contributed by atoms with Gasteiger partial charge in [0.1, 0.15) is 0 Å². The summed E-state index contributed by atoms with van der Waals surface area (Å²) in [6.07, 6.45) is 4.79. The number of likely N-dealkylation sites (tertiary alicyclic amines) is 1. The molecule has 0 aromatic heterocycles. The molecule has 102 valence electrons. The molecule has 0 saturated carbocycles. The van der Waals surface area contributed by atoms with Crippen LogP contribution in [0.15, 0.2) is 43.0 Å². The average Bonchev–Trinajstić information content (AvgIpc) is 2.65. The average molecular weight is 258 g/mol. The summed E-state index contributed by atoms with van der Waals surface area (Å²) < 4.78 is 0. The van der Waals surface area contributed by atoms with Gasteiger partial charge in [0.2, 0.25) is 5.91 Å². The predicted molar refractivity (Wildman–Crippen MR) is 77.7 cm³/mol. The number of hydrogen-bond acceptors (Lipinski definition) is 2. The van der Waals surface area contributed by atoms with Crippen molar-refractivity contribution in [2.75, 3.05) is 13.1 Å². The summed E-state index contributed by atoms with van der Waals surface area (Å²) in [4.78, 5) is 13.8. The molecule has 2 rings (SSSR count). The Morgan fingerprint density at radius 2 is 2.16 bits per heavy atom. The standard InChI is InChI=1S/C16H22N2O/c1-2-16(19)17-15-10-6-7-11-18(13-15)12-14-8-4-3-5-9-14/h2-5,8-9,15H,1,6-7,10-13H2,(H,17,19). The van der Waals surface area contributed by atoms with E-state index in [2.05, 4.69) is 41.1 Å². The molecule has 3 heteroatoms. The van der Waals surface area contributed by atoms with Crippen molar-refractivity contribution in [2.45, 2.75) is 31.8 Å². The van der Waals surface area contributed by atoms with Crippen LogP contribution < -0.4 is 5.32 Å². The molecule has 1 aromatic rings. The number of benzene rings is 1. The normalized spacial score (nSPS) is 20.5. The molecule has 3 nitrogen and oxygen atoms in total. The third-order valence-corrected chi connectivity index (χ3v) is 3.54. The van der Waals surface area contributed by atoms with Gasteiger partial charge in [-0.05, 0) is 31.0 Å². The van der Waals surface area contributed by atoms with E-state index >= 15 is 0 Å². The Bertz CT molecular complexity index is 416. The number of carbonyl (C=O) groups is 1. The molecule has 0 radical (unpaired) electrons. The van der Waals surface area contributed by atoms with Gasteiger partial charge in [-0.3, -0.25) is 9.69 Å². The predicted octanol–water partition coefficient (Wildman–Crippen LogP) is 2.34. The quantitative estimate of drug-likeness (QED) is 0.841. The molecule has 0 aliphatic carbocycles. The van der Waals surface area contributed by atoms with Crippen LogP contribution >= 0.6 is 0 Å². The van der Waals surface area contributed by atoms with Crippen LogP contribution in [-0.4, -0.2) is 29.9 Å². The molecule has 0 spiro atoms. The van der Waals surface area contributed by atoms with Gasteiger partial charge in [-0.1, -0.05) is 43.3 Å². The largest absolute Gasteiger partial charge is 0.349 e. The van der Waals surface area contributed by atoms with Crippen LogP contribution in [0.3, 0.4) is 0 Å². The second kappa shape index (κ2) is 7.10. The minimum atomic E-state index is -0.0634. The zero-order valence-electron chi connectivity index (χ0n) is 11.3. The van der Waals surface area contributed by atoms with Gasteiger partial charge in [0.25, 0.3) is 0 Å². The van der Waals surface area contributed by atoms with Crippen molar-refractivity contribution >= 4 is 5.91 Å². The number of rotatable bonds is 4. The fourth-order valence-electron chi connectivity index (χ4n) is 2.58. The SMILES string of the molecule is C=CC(=O)NC1CCCCN(Cc2ccccc2)C1. The summed E-state index contributed by atoms with van der Waals surface area (Å²) >= 11 is 0. The molecule has 1 N–H and O–H groups in total. The zero-order chi connectivity index (χ0) is 13.5. The van der Waals surface area contributed by atoms with Crippen molar-refractivity contribution in [3.05, 3.63) is 48.6 Å². The summed E-state index contributed by atoms with van der Waals surface area (Å²) in [5.41, 5.74) is 1.33. The van der Waals surface area contributed by atoms with E-state index in [1.54, 1.807) is 0 Å². The maximum Gasteiger partial charge on any atom is 0.243 e. The molecule has 1 aliphatic rings. The zero-order valence-corrected chi connectivity index (χ0v) is 11.3. The highest BCUT2D eigenvalue weighted by atomic mass is 16.1. The first-order valence-electron chi connectivity index (χ1n) is 6.97. The maximum atomic E-state index is 11.4. The highest BCUT2D eigenvalue weighted by molar-refractivity contribution is 5.87. The van der Waals surface area contributed by atoms with Crippen molar-refractivity contribution in [1.82, 2.24) is 10.2 Å². The Morgan fingerprint density at radius 3 is 2.89 bits per heavy atom. The summed E-state index contributed by atoms with van der Waals surface area (Å²) in [5, 5.41) is 3.03. The van der Waals surface area contributed by atoms with Crippen LogP contribution in [0.2, 0.25) is 0 Å². The Balaban J connectivity index is 1.92. The van der Waals surface area contributed by atoms with E-state index in [0.29, 0.717) is 0 Å². The molecule has 1 atom stereocenters. The molecule has 19 heavy (non-hydrogen) atoms. The lowest BCUT2D eigenvalue weighted by molar-refractivity contribution is -0.117. The van der Waals surface area contributed by atoms with Gasteiger partial charge in [-0.2, -0.15) is 0 Å². The Labute approximate surface area is 115 Å². The van der Waals surface area contributed by atoms with E-state index in [1.807, 2.05) is 6.07 Å². The van der Waals surface area contributed by atoms with Gasteiger partial charge >= 0.3 is 0 Å². The van der Waals surface area contributed by atoms with Gasteiger partial charge in [0, 0.05) is 19.1 Å². The Morgan fingerprint density at radius 1 is 1.37 bits per heavy atom. The second-order valence-electron chi connectivity index (χ2n) is 5.13. The smallest absolute Gasteiger partial charge is 0.243 e. The van der Waals surface area contributed by atoms with E-state index in [9.17, 15) is 4.79 Å². The number of nitrogens with zero attached hydrogens (tertiary/aromatic N) is 1. The molecule has 1 fully saturated rings. The van der Waals surface area contributed by atoms with E-state index in [-0.39, 0.29) is 11.9 Å². The van der Waals surface area contributed by atoms with Crippen LogP contribution in [0.25, 0.3) is 0 Å². The molecule has 1 heterocycles. The lowest BCUT2D eigenvalue weighted by Crippen LogP contribution is -2.41. The van der Waals surface area contributed by atoms with E-state index in [4.69, 9.17) is 0 Å². The molecule has 1 amide bonds. The maximum absolute atomic E-state index is 11.4. The molecule has 1 saturated heterocycles. The van der Waals surface area contributed by atoms with Gasteiger partial charge in [-0.15, -0.1) is 0 Å².